The molecule has 9 aromatic rings. The van der Waals surface area contributed by atoms with Crippen LogP contribution in [0.3, 0.4) is 0 Å². The van der Waals surface area contributed by atoms with Crippen LogP contribution in [-0.4, -0.2) is 130 Å². The summed E-state index contributed by atoms with van der Waals surface area (Å²) in [5, 5.41) is 35.3. The Morgan fingerprint density at radius 1 is 0.684 bits per heavy atom. The number of halogens is 6. The molecule has 2 aromatic carbocycles. The van der Waals surface area contributed by atoms with Gasteiger partial charge in [0, 0.05) is 68.1 Å². The Morgan fingerprint density at radius 2 is 1.22 bits per heavy atom. The van der Waals surface area contributed by atoms with Crippen LogP contribution in [0, 0.1) is 0 Å². The summed E-state index contributed by atoms with van der Waals surface area (Å²) in [5.41, 5.74) is -1.06. The lowest BCUT2D eigenvalue weighted by atomic mass is 10.1. The second-order valence-corrected chi connectivity index (χ2v) is 20.6. The largest absolute Gasteiger partial charge is 0.434 e. The predicted molar refractivity (Wildman–Crippen MR) is 253 cm³/mol. The Kier molecular flexibility index (Phi) is 14.6. The average Bonchev–Trinajstić information content (AvgIpc) is 4.26. The molecule has 23 nitrogen and oxygen atoms in total. The van der Waals surface area contributed by atoms with E-state index in [2.05, 4.69) is 50.8 Å². The zero-order valence-corrected chi connectivity index (χ0v) is 40.5. The lowest BCUT2D eigenvalue weighted by molar-refractivity contribution is -0.0501. The summed E-state index contributed by atoms with van der Waals surface area (Å²) < 4.78 is 153. The fourth-order valence-corrected chi connectivity index (χ4v) is 10.3. The molecular weight excluding hydrogens is 1060 g/mol. The van der Waals surface area contributed by atoms with Crippen LogP contribution in [0.15, 0.2) is 125 Å². The molecule has 0 aliphatic carbocycles. The monoisotopic (exact) mass is 1100 g/mol. The number of fused-ring (bicyclic) bond motifs is 2. The van der Waals surface area contributed by atoms with Gasteiger partial charge in [-0.1, -0.05) is 0 Å². The van der Waals surface area contributed by atoms with Gasteiger partial charge < -0.3 is 25.2 Å². The first-order chi connectivity index (χ1) is 36.3. The number of nitrogens with zero attached hydrogens (tertiary/aromatic N) is 12. The number of carbonyl (C=O) groups is 2. The summed E-state index contributed by atoms with van der Waals surface area (Å²) in [7, 11) is -7.77. The molecule has 7 heterocycles. The predicted octanol–water partition coefficient (Wildman–Crippen LogP) is 5.31. The minimum Gasteiger partial charge on any atom is -0.434 e. The molecule has 0 aliphatic rings. The van der Waals surface area contributed by atoms with Crippen molar-refractivity contribution >= 4 is 54.2 Å². The minimum absolute atomic E-state index is 0.0142. The molecule has 1 atom stereocenters. The van der Waals surface area contributed by atoms with E-state index in [9.17, 15) is 57.9 Å². The number of aromatic nitrogens is 12. The highest BCUT2D eigenvalue weighted by Crippen LogP contribution is 2.40. The Hall–Kier alpha value is -8.71. The number of carbonyl (C=O) groups excluding carboxylic acids is 2. The molecule has 0 radical (unpaired) electrons. The van der Waals surface area contributed by atoms with Crippen molar-refractivity contribution in [2.24, 2.45) is 7.05 Å². The fraction of sp³-hybridized carbons (Fsp3) is 0.222. The van der Waals surface area contributed by atoms with Crippen molar-refractivity contribution in [3.63, 3.8) is 0 Å². The lowest BCUT2D eigenvalue weighted by Crippen LogP contribution is -2.25. The molecule has 0 bridgehead atoms. The smallest absolute Gasteiger partial charge is 0.387 e. The van der Waals surface area contributed by atoms with Gasteiger partial charge >= 0.3 is 13.2 Å². The maximum Gasteiger partial charge on any atom is 0.387 e. The number of anilines is 2. The van der Waals surface area contributed by atoms with Gasteiger partial charge in [-0.25, -0.2) is 44.6 Å². The second-order valence-electron chi connectivity index (χ2n) is 16.4. The zero-order valence-electron chi connectivity index (χ0n) is 38.9. The molecule has 0 fully saturated rings. The van der Waals surface area contributed by atoms with E-state index in [0.717, 1.165) is 58.2 Å². The van der Waals surface area contributed by atoms with E-state index in [0.29, 0.717) is 0 Å². The number of aliphatic hydroxyl groups is 1. The van der Waals surface area contributed by atoms with Gasteiger partial charge in [0.1, 0.15) is 57.5 Å². The minimum atomic E-state index is -4.74. The van der Waals surface area contributed by atoms with Crippen LogP contribution >= 0.6 is 0 Å². The molecule has 0 aliphatic heterocycles. The molecule has 7 aromatic heterocycles. The second kappa shape index (κ2) is 21.3. The van der Waals surface area contributed by atoms with Crippen molar-refractivity contribution in [1.29, 1.82) is 0 Å². The molecule has 0 saturated carbocycles. The average molecular weight is 1100 g/mol. The van der Waals surface area contributed by atoms with E-state index in [4.69, 9.17) is 4.74 Å². The van der Waals surface area contributed by atoms with Crippen LogP contribution in [0.1, 0.15) is 27.1 Å². The number of nitrogens with one attached hydrogen (secondary N) is 2. The van der Waals surface area contributed by atoms with Gasteiger partial charge in [0.2, 0.25) is 9.84 Å². The van der Waals surface area contributed by atoms with E-state index >= 15 is 0 Å². The first-order valence-corrected chi connectivity index (χ1v) is 25.2. The zero-order chi connectivity index (χ0) is 54.1. The van der Waals surface area contributed by atoms with Gasteiger partial charge in [-0.3, -0.25) is 23.6 Å². The quantitative estimate of drug-likeness (QED) is 0.0770. The lowest BCUT2D eigenvalue weighted by Gasteiger charge is -2.15. The van der Waals surface area contributed by atoms with E-state index < -0.39 is 101 Å². The molecule has 31 heteroatoms. The molecule has 0 unspecified atom stereocenters. The first kappa shape index (κ1) is 52.2. The SMILES string of the molecule is Cn1cc(NC(=O)c2cnn3cccnc23)c(-c2cc(S(=O)(=O)c3cnn(C[C@@H](O)CCn4cc(NC(=O)c5cnn6cccnc56)c(-c5cc(S(=O)(=O)C(CF)CF)ccc5OC(F)F)n4)c3)ccc2OC(F)F)n1. The maximum atomic E-state index is 14.1. The van der Waals surface area contributed by atoms with Crippen molar-refractivity contribution < 1.29 is 67.3 Å². The number of benzene rings is 2. The third kappa shape index (κ3) is 10.6. The van der Waals surface area contributed by atoms with Crippen molar-refractivity contribution in [1.82, 2.24) is 58.5 Å². The number of aliphatic hydroxyl groups excluding tert-OH is 1. The van der Waals surface area contributed by atoms with E-state index in [1.165, 1.54) is 64.1 Å². The van der Waals surface area contributed by atoms with E-state index in [1.54, 1.807) is 18.3 Å². The summed E-state index contributed by atoms with van der Waals surface area (Å²) in [6.07, 6.45) is 11.5. The summed E-state index contributed by atoms with van der Waals surface area (Å²) in [6.45, 7) is -10.6. The molecule has 2 amide bonds. The van der Waals surface area contributed by atoms with Gasteiger partial charge in [-0.2, -0.15) is 43.1 Å². The van der Waals surface area contributed by atoms with Crippen molar-refractivity contribution in [2.75, 3.05) is 24.0 Å². The van der Waals surface area contributed by atoms with Gasteiger partial charge in [0.25, 0.3) is 11.8 Å². The van der Waals surface area contributed by atoms with E-state index in [-0.39, 0.29) is 70.3 Å². The van der Waals surface area contributed by atoms with E-state index in [1.807, 2.05) is 0 Å². The highest BCUT2D eigenvalue weighted by molar-refractivity contribution is 7.92. The number of rotatable bonds is 21. The van der Waals surface area contributed by atoms with Gasteiger partial charge in [-0.05, 0) is 55.0 Å². The Bertz CT molecular complexity index is 3860. The third-order valence-corrected chi connectivity index (χ3v) is 15.2. The topological polar surface area (TPSA) is 279 Å². The number of hydrogen-bond acceptors (Lipinski definition) is 16. The number of ether oxygens (including phenoxy) is 2. The number of sulfone groups is 2. The fourth-order valence-electron chi connectivity index (χ4n) is 7.80. The first-order valence-electron chi connectivity index (χ1n) is 22.1. The number of hydrogen-bond donors (Lipinski definition) is 3. The number of aryl methyl sites for hydroxylation is 2. The highest BCUT2D eigenvalue weighted by Gasteiger charge is 2.31. The molecular formula is C45H38F6N14O9S2. The molecule has 0 spiro atoms. The molecule has 76 heavy (non-hydrogen) atoms. The van der Waals surface area contributed by atoms with Crippen LogP contribution in [0.5, 0.6) is 11.5 Å². The molecule has 9 rings (SSSR count). The van der Waals surface area contributed by atoms with Crippen molar-refractivity contribution in [3.8, 4) is 34.0 Å². The number of amides is 2. The summed E-state index contributed by atoms with van der Waals surface area (Å²) in [4.78, 5) is 33.9. The Balaban J connectivity index is 0.966. The summed E-state index contributed by atoms with van der Waals surface area (Å²) >= 11 is 0. The van der Waals surface area contributed by atoms with Gasteiger partial charge in [-0.15, -0.1) is 0 Å². The Morgan fingerprint density at radius 3 is 1.79 bits per heavy atom. The van der Waals surface area contributed by atoms with Crippen LogP contribution in [0.4, 0.5) is 37.7 Å². The van der Waals surface area contributed by atoms with Crippen LogP contribution in [0.2, 0.25) is 0 Å². The third-order valence-electron chi connectivity index (χ3n) is 11.4. The van der Waals surface area contributed by atoms with Crippen LogP contribution < -0.4 is 20.1 Å². The highest BCUT2D eigenvalue weighted by atomic mass is 32.2. The molecule has 3 N–H and O–H groups in total. The van der Waals surface area contributed by atoms with Gasteiger partial charge in [0.15, 0.2) is 21.1 Å². The maximum absolute atomic E-state index is 14.1. The van der Waals surface area contributed by atoms with Crippen molar-refractivity contribution in [3.05, 3.63) is 122 Å². The number of alkyl halides is 6. The van der Waals surface area contributed by atoms with Crippen LogP contribution in [0.25, 0.3) is 33.8 Å². The van der Waals surface area contributed by atoms with Crippen LogP contribution in [-0.2, 0) is 39.8 Å². The Labute approximate surface area is 424 Å². The standard InChI is InChI=1S/C45H38F6N14O9S2/c1-61-23-34(57-42(67)32-19-55-64-11-2-9-52-40(32)64)38(59-61)30-15-27(5-7-36(30)73-44(48)49)76(71,72)29-18-54-63(22-29)21-25(66)8-13-62-24-35(58-43(68)33-20-56-65-12-3-10-53-41(33)65)39(60-62)31-14-26(4-6-37(31)74-45(50)51)75(69,70)28(16-46)17-47/h2-7,9-12,14-15,18-20,22-25,28,44-45,66H,8,13,16-17,21H2,1H3,(H,57,67)(H,58,68)/t25-/m0/s1. The van der Waals surface area contributed by atoms with Gasteiger partial charge in [0.05, 0.1) is 52.4 Å². The van der Waals surface area contributed by atoms with Crippen molar-refractivity contribution in [2.45, 2.75) is 58.8 Å². The normalized spacial score (nSPS) is 12.6. The molecule has 396 valence electrons. The summed E-state index contributed by atoms with van der Waals surface area (Å²) in [6, 6.07) is 8.66. The molecule has 0 saturated heterocycles. The summed E-state index contributed by atoms with van der Waals surface area (Å²) in [5.74, 6) is -2.64.